The second-order valence-electron chi connectivity index (χ2n) is 6.99. The van der Waals surface area contributed by atoms with E-state index in [2.05, 4.69) is 17.2 Å². The summed E-state index contributed by atoms with van der Waals surface area (Å²) in [6.45, 7) is 6.64. The number of para-hydroxylation sites is 3. The highest BCUT2D eigenvalue weighted by molar-refractivity contribution is 5.81. The third kappa shape index (κ3) is 4.23. The summed E-state index contributed by atoms with van der Waals surface area (Å²) in [4.78, 5) is 17.2. The van der Waals surface area contributed by atoms with Gasteiger partial charge in [-0.25, -0.2) is 4.98 Å². The number of ether oxygens (including phenoxy) is 1. The van der Waals surface area contributed by atoms with Gasteiger partial charge in [0.25, 0.3) is 0 Å². The molecule has 0 aliphatic carbocycles. The van der Waals surface area contributed by atoms with E-state index in [9.17, 15) is 4.79 Å². The summed E-state index contributed by atoms with van der Waals surface area (Å²) in [5.41, 5.74) is 1.57. The van der Waals surface area contributed by atoms with E-state index in [0.29, 0.717) is 6.61 Å². The highest BCUT2D eigenvalue weighted by Gasteiger charge is 2.20. The minimum absolute atomic E-state index is 0.0269. The smallest absolute Gasteiger partial charge is 0.240 e. The first-order chi connectivity index (χ1) is 12.5. The molecule has 0 unspecified atom stereocenters. The Kier molecular flexibility index (Phi) is 5.26. The Hall–Kier alpha value is -2.82. The highest BCUT2D eigenvalue weighted by Crippen LogP contribution is 2.18. The second-order valence-corrected chi connectivity index (χ2v) is 6.99. The van der Waals surface area contributed by atoms with E-state index >= 15 is 0 Å². The van der Waals surface area contributed by atoms with Crippen molar-refractivity contribution < 1.29 is 9.53 Å². The Morgan fingerprint density at radius 2 is 1.81 bits per heavy atom. The molecule has 1 amide bonds. The van der Waals surface area contributed by atoms with Crippen LogP contribution in [0.5, 0.6) is 5.75 Å². The van der Waals surface area contributed by atoms with Crippen molar-refractivity contribution in [3.8, 4) is 5.75 Å². The summed E-state index contributed by atoms with van der Waals surface area (Å²) < 4.78 is 7.78. The molecule has 0 saturated heterocycles. The van der Waals surface area contributed by atoms with Crippen LogP contribution in [0.2, 0.25) is 0 Å². The van der Waals surface area contributed by atoms with E-state index in [1.807, 2.05) is 73.0 Å². The molecule has 5 heteroatoms. The van der Waals surface area contributed by atoms with Crippen molar-refractivity contribution in [2.45, 2.75) is 45.9 Å². The van der Waals surface area contributed by atoms with Crippen LogP contribution in [0.1, 0.15) is 33.0 Å². The van der Waals surface area contributed by atoms with E-state index < -0.39 is 0 Å². The minimum atomic E-state index is -0.228. The highest BCUT2D eigenvalue weighted by atomic mass is 16.5. The van der Waals surface area contributed by atoms with Crippen LogP contribution in [0.25, 0.3) is 11.0 Å². The maximum absolute atomic E-state index is 12.6. The van der Waals surface area contributed by atoms with Crippen molar-refractivity contribution in [1.29, 1.82) is 0 Å². The fourth-order valence-electron chi connectivity index (χ4n) is 2.73. The molecular weight excluding hydrogens is 326 g/mol. The standard InChI is InChI=1S/C21H25N3O2/c1-4-21(2,3)23-20(25)14-24-18-13-9-8-12-17(18)22-19(24)15-26-16-10-6-5-7-11-16/h5-13H,4,14-15H2,1-3H3,(H,23,25). The average molecular weight is 351 g/mol. The lowest BCUT2D eigenvalue weighted by atomic mass is 10.0. The van der Waals surface area contributed by atoms with Crippen LogP contribution in [0.15, 0.2) is 54.6 Å². The molecule has 26 heavy (non-hydrogen) atoms. The number of carbonyl (C=O) groups excluding carboxylic acids is 1. The van der Waals surface area contributed by atoms with Crippen LogP contribution in [0.4, 0.5) is 0 Å². The molecule has 5 nitrogen and oxygen atoms in total. The number of imidazole rings is 1. The van der Waals surface area contributed by atoms with Crippen molar-refractivity contribution >= 4 is 16.9 Å². The molecule has 3 aromatic rings. The summed E-state index contributed by atoms with van der Waals surface area (Å²) in [5.74, 6) is 1.49. The van der Waals surface area contributed by atoms with Gasteiger partial charge < -0.3 is 14.6 Å². The predicted octanol–water partition coefficient (Wildman–Crippen LogP) is 3.92. The molecule has 136 valence electrons. The largest absolute Gasteiger partial charge is 0.486 e. The molecule has 2 aromatic carbocycles. The van der Waals surface area contributed by atoms with Gasteiger partial charge in [0.1, 0.15) is 24.7 Å². The lowest BCUT2D eigenvalue weighted by molar-refractivity contribution is -0.123. The number of benzene rings is 2. The van der Waals surface area contributed by atoms with Gasteiger partial charge in [0, 0.05) is 5.54 Å². The quantitative estimate of drug-likeness (QED) is 0.702. The summed E-state index contributed by atoms with van der Waals surface area (Å²) in [7, 11) is 0. The number of nitrogens with zero attached hydrogens (tertiary/aromatic N) is 2. The summed E-state index contributed by atoms with van der Waals surface area (Å²) in [6, 6.07) is 17.4. The molecule has 0 saturated carbocycles. The number of fused-ring (bicyclic) bond motifs is 1. The van der Waals surface area contributed by atoms with Crippen molar-refractivity contribution in [2.75, 3.05) is 0 Å². The van der Waals surface area contributed by atoms with E-state index in [4.69, 9.17) is 4.74 Å². The van der Waals surface area contributed by atoms with E-state index in [0.717, 1.165) is 29.0 Å². The molecule has 1 N–H and O–H groups in total. The molecule has 3 rings (SSSR count). The van der Waals surface area contributed by atoms with Crippen molar-refractivity contribution in [2.24, 2.45) is 0 Å². The second kappa shape index (κ2) is 7.60. The Balaban J connectivity index is 1.83. The van der Waals surface area contributed by atoms with Crippen LogP contribution >= 0.6 is 0 Å². The van der Waals surface area contributed by atoms with Gasteiger partial charge in [0.05, 0.1) is 11.0 Å². The SMILES string of the molecule is CCC(C)(C)NC(=O)Cn1c(COc2ccccc2)nc2ccccc21. The number of rotatable bonds is 7. The first-order valence-electron chi connectivity index (χ1n) is 8.91. The monoisotopic (exact) mass is 351 g/mol. The lowest BCUT2D eigenvalue weighted by Gasteiger charge is -2.24. The fourth-order valence-corrected chi connectivity index (χ4v) is 2.73. The molecule has 0 aliphatic heterocycles. The zero-order valence-corrected chi connectivity index (χ0v) is 15.5. The molecular formula is C21H25N3O2. The molecule has 0 spiro atoms. The number of nitrogens with one attached hydrogen (secondary N) is 1. The van der Waals surface area contributed by atoms with Crippen LogP contribution in [-0.2, 0) is 17.9 Å². The van der Waals surface area contributed by atoms with Gasteiger partial charge >= 0.3 is 0 Å². The Morgan fingerprint density at radius 1 is 1.12 bits per heavy atom. The summed E-state index contributed by atoms with van der Waals surface area (Å²) in [6.07, 6.45) is 0.868. The van der Waals surface area contributed by atoms with E-state index in [1.54, 1.807) is 0 Å². The zero-order valence-electron chi connectivity index (χ0n) is 15.5. The first kappa shape index (κ1) is 18.0. The molecule has 0 bridgehead atoms. The Morgan fingerprint density at radius 3 is 2.54 bits per heavy atom. The fraction of sp³-hybridized carbons (Fsp3) is 0.333. The van der Waals surface area contributed by atoms with E-state index in [-0.39, 0.29) is 18.0 Å². The van der Waals surface area contributed by atoms with Crippen LogP contribution < -0.4 is 10.1 Å². The van der Waals surface area contributed by atoms with Gasteiger partial charge in [-0.2, -0.15) is 0 Å². The topological polar surface area (TPSA) is 56.2 Å². The number of amides is 1. The number of carbonyl (C=O) groups is 1. The predicted molar refractivity (Wildman–Crippen MR) is 103 cm³/mol. The number of hydrogen-bond acceptors (Lipinski definition) is 3. The zero-order chi connectivity index (χ0) is 18.6. The molecule has 1 heterocycles. The van der Waals surface area contributed by atoms with Crippen LogP contribution in [-0.4, -0.2) is 21.0 Å². The van der Waals surface area contributed by atoms with Gasteiger partial charge in [-0.05, 0) is 44.5 Å². The van der Waals surface area contributed by atoms with Gasteiger partial charge in [-0.15, -0.1) is 0 Å². The average Bonchev–Trinajstić information content (AvgIpc) is 2.98. The minimum Gasteiger partial charge on any atom is -0.486 e. The molecule has 0 atom stereocenters. The molecule has 0 radical (unpaired) electrons. The Labute approximate surface area is 154 Å². The van der Waals surface area contributed by atoms with Gasteiger partial charge in [-0.1, -0.05) is 37.3 Å². The van der Waals surface area contributed by atoms with E-state index in [1.165, 1.54) is 0 Å². The van der Waals surface area contributed by atoms with Crippen LogP contribution in [0.3, 0.4) is 0 Å². The lowest BCUT2D eigenvalue weighted by Crippen LogP contribution is -2.44. The van der Waals surface area contributed by atoms with Crippen molar-refractivity contribution in [3.63, 3.8) is 0 Å². The summed E-state index contributed by atoms with van der Waals surface area (Å²) >= 11 is 0. The van der Waals surface area contributed by atoms with Crippen molar-refractivity contribution in [3.05, 3.63) is 60.4 Å². The third-order valence-electron chi connectivity index (χ3n) is 4.51. The maximum atomic E-state index is 12.6. The maximum Gasteiger partial charge on any atom is 0.240 e. The summed E-state index contributed by atoms with van der Waals surface area (Å²) in [5, 5.41) is 3.08. The van der Waals surface area contributed by atoms with Crippen LogP contribution in [0, 0.1) is 0 Å². The van der Waals surface area contributed by atoms with Gasteiger partial charge in [-0.3, -0.25) is 4.79 Å². The Bertz CT molecular complexity index is 885. The van der Waals surface area contributed by atoms with Gasteiger partial charge in [0.2, 0.25) is 5.91 Å². The molecule has 0 aliphatic rings. The number of hydrogen-bond donors (Lipinski definition) is 1. The van der Waals surface area contributed by atoms with Gasteiger partial charge in [0.15, 0.2) is 0 Å². The third-order valence-corrected chi connectivity index (χ3v) is 4.51. The first-order valence-corrected chi connectivity index (χ1v) is 8.91. The molecule has 1 aromatic heterocycles. The molecule has 0 fully saturated rings. The van der Waals surface area contributed by atoms with Crippen molar-refractivity contribution in [1.82, 2.24) is 14.9 Å². The number of aromatic nitrogens is 2. The normalized spacial score (nSPS) is 11.5.